The molecule has 0 atom stereocenters. The van der Waals surface area contributed by atoms with Crippen molar-refractivity contribution in [3.63, 3.8) is 0 Å². The third kappa shape index (κ3) is 2.50. The van der Waals surface area contributed by atoms with Crippen molar-refractivity contribution >= 4 is 11.9 Å². The molecule has 0 unspecified atom stereocenters. The van der Waals surface area contributed by atoms with E-state index in [2.05, 4.69) is 15.4 Å². The van der Waals surface area contributed by atoms with Crippen LogP contribution in [0.1, 0.15) is 29.8 Å². The normalized spacial score (nSPS) is 14.4. The molecule has 1 fully saturated rings. The second kappa shape index (κ2) is 5.68. The van der Waals surface area contributed by atoms with E-state index < -0.39 is 0 Å². The van der Waals surface area contributed by atoms with Gasteiger partial charge in [-0.15, -0.1) is 5.10 Å². The van der Waals surface area contributed by atoms with Crippen LogP contribution in [-0.4, -0.2) is 27.3 Å². The number of rotatable bonds is 4. The molecule has 1 amide bonds. The summed E-state index contributed by atoms with van der Waals surface area (Å²) >= 11 is 0. The molecule has 1 aromatic carbocycles. The summed E-state index contributed by atoms with van der Waals surface area (Å²) in [4.78, 5) is 14.3. The zero-order chi connectivity index (χ0) is 15.6. The third-order valence-corrected chi connectivity index (χ3v) is 4.00. The Morgan fingerprint density at radius 2 is 2.04 bits per heavy atom. The van der Waals surface area contributed by atoms with Crippen molar-refractivity contribution in [3.8, 4) is 11.3 Å². The maximum atomic E-state index is 12.8. The first-order valence-corrected chi connectivity index (χ1v) is 7.45. The van der Waals surface area contributed by atoms with Crippen LogP contribution in [0.3, 0.4) is 0 Å². The highest BCUT2D eigenvalue weighted by Gasteiger charge is 2.35. The average molecular weight is 310 g/mol. The molecule has 1 aliphatic rings. The Kier molecular flexibility index (Phi) is 3.38. The first kappa shape index (κ1) is 13.7. The molecule has 0 radical (unpaired) electrons. The maximum absolute atomic E-state index is 12.8. The fraction of sp³-hybridized carbons (Fsp3) is 0.250. The van der Waals surface area contributed by atoms with Gasteiger partial charge in [0, 0.05) is 17.7 Å². The van der Waals surface area contributed by atoms with Crippen molar-refractivity contribution in [2.24, 2.45) is 0 Å². The number of hydrogen-bond acceptors (Lipinski definition) is 6. The van der Waals surface area contributed by atoms with Gasteiger partial charge in [0.2, 0.25) is 6.39 Å². The Morgan fingerprint density at radius 3 is 2.70 bits per heavy atom. The SMILES string of the molecule is O=C(c1cc(-c2ccccc2)on1)N(c1nnco1)C1CCC1. The van der Waals surface area contributed by atoms with E-state index in [1.807, 2.05) is 30.3 Å². The lowest BCUT2D eigenvalue weighted by molar-refractivity contribution is 0.0948. The number of carbonyl (C=O) groups excluding carboxylic acids is 1. The van der Waals surface area contributed by atoms with Crippen LogP contribution in [0.5, 0.6) is 0 Å². The molecule has 0 aliphatic heterocycles. The minimum atomic E-state index is -0.287. The highest BCUT2D eigenvalue weighted by atomic mass is 16.5. The fourth-order valence-corrected chi connectivity index (χ4v) is 2.56. The monoisotopic (exact) mass is 310 g/mol. The molecule has 7 nitrogen and oxygen atoms in total. The second-order valence-corrected chi connectivity index (χ2v) is 5.42. The number of hydrogen-bond donors (Lipinski definition) is 0. The Balaban J connectivity index is 1.64. The fourth-order valence-electron chi connectivity index (χ4n) is 2.56. The Hall–Kier alpha value is -2.96. The van der Waals surface area contributed by atoms with E-state index in [1.165, 1.54) is 11.3 Å². The minimum Gasteiger partial charge on any atom is -0.411 e. The lowest BCUT2D eigenvalue weighted by Gasteiger charge is -2.33. The van der Waals surface area contributed by atoms with Crippen LogP contribution in [0.25, 0.3) is 11.3 Å². The molecule has 7 heteroatoms. The van der Waals surface area contributed by atoms with E-state index in [0.29, 0.717) is 5.76 Å². The van der Waals surface area contributed by atoms with Crippen LogP contribution in [-0.2, 0) is 0 Å². The van der Waals surface area contributed by atoms with E-state index in [4.69, 9.17) is 8.94 Å². The molecule has 2 heterocycles. The van der Waals surface area contributed by atoms with Crippen molar-refractivity contribution in [2.45, 2.75) is 25.3 Å². The zero-order valence-electron chi connectivity index (χ0n) is 12.3. The van der Waals surface area contributed by atoms with Gasteiger partial charge in [0.25, 0.3) is 5.91 Å². The number of anilines is 1. The molecule has 2 aromatic heterocycles. The third-order valence-electron chi connectivity index (χ3n) is 4.00. The highest BCUT2D eigenvalue weighted by Crippen LogP contribution is 2.30. The standard InChI is InChI=1S/C16H14N4O3/c21-15(20(12-7-4-8-12)16-18-17-10-22-16)13-9-14(23-19-13)11-5-2-1-3-6-11/h1-3,5-6,9-10,12H,4,7-8H2. The molecule has 0 N–H and O–H groups in total. The Morgan fingerprint density at radius 1 is 1.22 bits per heavy atom. The first-order chi connectivity index (χ1) is 11.3. The van der Waals surface area contributed by atoms with Gasteiger partial charge in [-0.3, -0.25) is 9.69 Å². The van der Waals surface area contributed by atoms with Crippen molar-refractivity contribution in [1.29, 1.82) is 0 Å². The largest absolute Gasteiger partial charge is 0.411 e. The van der Waals surface area contributed by atoms with Gasteiger partial charge in [0.1, 0.15) is 0 Å². The molecule has 116 valence electrons. The summed E-state index contributed by atoms with van der Waals surface area (Å²) in [6, 6.07) is 11.4. The number of amides is 1. The molecule has 1 aliphatic carbocycles. The summed E-state index contributed by atoms with van der Waals surface area (Å²) in [5.41, 5.74) is 1.10. The molecule has 0 spiro atoms. The summed E-state index contributed by atoms with van der Waals surface area (Å²) in [6.07, 6.45) is 4.12. The Labute approximate surface area is 131 Å². The summed E-state index contributed by atoms with van der Waals surface area (Å²) in [6.45, 7) is 0. The molecule has 3 aromatic rings. The van der Waals surface area contributed by atoms with Gasteiger partial charge in [0.05, 0.1) is 0 Å². The average Bonchev–Trinajstić information content (AvgIpc) is 3.22. The van der Waals surface area contributed by atoms with Crippen LogP contribution in [0, 0.1) is 0 Å². The smallest absolute Gasteiger partial charge is 0.325 e. The van der Waals surface area contributed by atoms with Gasteiger partial charge in [-0.05, 0) is 19.3 Å². The predicted molar refractivity (Wildman–Crippen MR) is 80.7 cm³/mol. The minimum absolute atomic E-state index is 0.0693. The van der Waals surface area contributed by atoms with Gasteiger partial charge in [-0.1, -0.05) is 40.6 Å². The van der Waals surface area contributed by atoms with Crippen molar-refractivity contribution < 1.29 is 13.7 Å². The molecule has 0 saturated heterocycles. The van der Waals surface area contributed by atoms with Crippen LogP contribution in [0.4, 0.5) is 6.01 Å². The van der Waals surface area contributed by atoms with E-state index in [9.17, 15) is 4.79 Å². The maximum Gasteiger partial charge on any atom is 0.325 e. The van der Waals surface area contributed by atoms with Crippen molar-refractivity contribution in [3.05, 3.63) is 48.5 Å². The summed E-state index contributed by atoms with van der Waals surface area (Å²) in [7, 11) is 0. The second-order valence-electron chi connectivity index (χ2n) is 5.42. The highest BCUT2D eigenvalue weighted by molar-refractivity contribution is 6.04. The van der Waals surface area contributed by atoms with E-state index in [-0.39, 0.29) is 23.7 Å². The van der Waals surface area contributed by atoms with Crippen LogP contribution in [0.15, 0.2) is 51.7 Å². The summed E-state index contributed by atoms with van der Waals surface area (Å²) in [5.74, 6) is 0.262. The lowest BCUT2D eigenvalue weighted by atomic mass is 9.91. The van der Waals surface area contributed by atoms with Crippen LogP contribution >= 0.6 is 0 Å². The van der Waals surface area contributed by atoms with Crippen LogP contribution < -0.4 is 4.90 Å². The zero-order valence-corrected chi connectivity index (χ0v) is 12.3. The first-order valence-electron chi connectivity index (χ1n) is 7.45. The molecule has 4 rings (SSSR count). The van der Waals surface area contributed by atoms with Gasteiger partial charge in [-0.25, -0.2) is 0 Å². The number of nitrogens with zero attached hydrogens (tertiary/aromatic N) is 4. The summed E-state index contributed by atoms with van der Waals surface area (Å²) < 4.78 is 10.5. The molecular formula is C16H14N4O3. The van der Waals surface area contributed by atoms with Crippen molar-refractivity contribution in [1.82, 2.24) is 15.4 Å². The predicted octanol–water partition coefficient (Wildman–Crippen LogP) is 2.92. The number of benzene rings is 1. The van der Waals surface area contributed by atoms with Gasteiger partial charge in [-0.2, -0.15) is 0 Å². The Bertz CT molecular complexity index is 794. The summed E-state index contributed by atoms with van der Waals surface area (Å²) in [5, 5.41) is 11.4. The van der Waals surface area contributed by atoms with E-state index >= 15 is 0 Å². The molecule has 1 saturated carbocycles. The van der Waals surface area contributed by atoms with Gasteiger partial charge >= 0.3 is 6.01 Å². The topological polar surface area (TPSA) is 85.3 Å². The lowest BCUT2D eigenvalue weighted by Crippen LogP contribution is -2.44. The number of carbonyl (C=O) groups is 1. The molecule has 0 bridgehead atoms. The number of aromatic nitrogens is 3. The van der Waals surface area contributed by atoms with E-state index in [1.54, 1.807) is 6.07 Å². The van der Waals surface area contributed by atoms with E-state index in [0.717, 1.165) is 24.8 Å². The molecule has 23 heavy (non-hydrogen) atoms. The quantitative estimate of drug-likeness (QED) is 0.736. The molecular weight excluding hydrogens is 296 g/mol. The van der Waals surface area contributed by atoms with Gasteiger partial charge < -0.3 is 8.94 Å². The van der Waals surface area contributed by atoms with Gasteiger partial charge in [0.15, 0.2) is 11.5 Å². The van der Waals surface area contributed by atoms with Crippen LogP contribution in [0.2, 0.25) is 0 Å². The van der Waals surface area contributed by atoms with Crippen molar-refractivity contribution in [2.75, 3.05) is 4.90 Å².